The van der Waals surface area contributed by atoms with E-state index in [4.69, 9.17) is 0 Å². The molecule has 1 aromatic carbocycles. The van der Waals surface area contributed by atoms with Crippen molar-refractivity contribution in [2.45, 2.75) is 38.2 Å². The van der Waals surface area contributed by atoms with E-state index in [0.717, 1.165) is 10.4 Å². The van der Waals surface area contributed by atoms with Gasteiger partial charge in [-0.3, -0.25) is 10.1 Å². The van der Waals surface area contributed by atoms with Crippen LogP contribution >= 0.6 is 0 Å². The SMILES string of the molecule is Cc1cc([N+](=O)[O-])cc(S(=O)(=O)N(C)CCC(C)O)c1C. The number of benzene rings is 1. The van der Waals surface area contributed by atoms with Crippen LogP contribution in [0.3, 0.4) is 0 Å². The summed E-state index contributed by atoms with van der Waals surface area (Å²) in [5.41, 5.74) is 0.789. The molecule has 0 aliphatic carbocycles. The van der Waals surface area contributed by atoms with Crippen molar-refractivity contribution in [1.29, 1.82) is 0 Å². The lowest BCUT2D eigenvalue weighted by Crippen LogP contribution is -2.30. The number of hydrogen-bond donors (Lipinski definition) is 1. The fraction of sp³-hybridized carbons (Fsp3) is 0.538. The summed E-state index contributed by atoms with van der Waals surface area (Å²) in [6.07, 6.45) is -0.321. The Labute approximate surface area is 124 Å². The third-order valence-electron chi connectivity index (χ3n) is 3.37. The molecule has 0 saturated carbocycles. The van der Waals surface area contributed by atoms with Gasteiger partial charge in [-0.25, -0.2) is 12.7 Å². The summed E-state index contributed by atoms with van der Waals surface area (Å²) < 4.78 is 26.1. The van der Waals surface area contributed by atoms with Gasteiger partial charge in [0, 0.05) is 25.7 Å². The van der Waals surface area contributed by atoms with Crippen molar-refractivity contribution >= 4 is 15.7 Å². The summed E-state index contributed by atoms with van der Waals surface area (Å²) in [6.45, 7) is 4.97. The molecule has 0 amide bonds. The van der Waals surface area contributed by atoms with Gasteiger partial charge in [0.1, 0.15) is 0 Å². The molecular weight excluding hydrogens is 296 g/mol. The zero-order valence-electron chi connectivity index (χ0n) is 12.5. The van der Waals surface area contributed by atoms with Gasteiger partial charge in [0.05, 0.1) is 15.9 Å². The molecule has 0 bridgehead atoms. The molecule has 0 heterocycles. The molecule has 0 fully saturated rings. The number of aryl methyl sites for hydroxylation is 1. The van der Waals surface area contributed by atoms with Gasteiger partial charge in [0.2, 0.25) is 10.0 Å². The smallest absolute Gasteiger partial charge is 0.271 e. The molecule has 1 N–H and O–H groups in total. The van der Waals surface area contributed by atoms with Gasteiger partial charge >= 0.3 is 0 Å². The summed E-state index contributed by atoms with van der Waals surface area (Å²) in [5, 5.41) is 20.1. The van der Waals surface area contributed by atoms with Crippen molar-refractivity contribution in [2.24, 2.45) is 0 Å². The molecule has 1 atom stereocenters. The van der Waals surface area contributed by atoms with Gasteiger partial charge in [-0.2, -0.15) is 0 Å². The first-order valence-corrected chi connectivity index (χ1v) is 7.91. The summed E-state index contributed by atoms with van der Waals surface area (Å²) >= 11 is 0. The lowest BCUT2D eigenvalue weighted by Gasteiger charge is -2.19. The van der Waals surface area contributed by atoms with E-state index in [1.807, 2.05) is 0 Å². The highest BCUT2D eigenvalue weighted by Gasteiger charge is 2.26. The monoisotopic (exact) mass is 316 g/mol. The third-order valence-corrected chi connectivity index (χ3v) is 5.35. The van der Waals surface area contributed by atoms with Crippen molar-refractivity contribution in [3.8, 4) is 0 Å². The third kappa shape index (κ3) is 3.99. The van der Waals surface area contributed by atoms with Crippen molar-refractivity contribution in [3.63, 3.8) is 0 Å². The van der Waals surface area contributed by atoms with Crippen LogP contribution in [0, 0.1) is 24.0 Å². The maximum atomic E-state index is 12.5. The lowest BCUT2D eigenvalue weighted by atomic mass is 10.1. The predicted octanol–water partition coefficient (Wildman–Crippen LogP) is 1.60. The average Bonchev–Trinajstić information content (AvgIpc) is 2.38. The normalized spacial score (nSPS) is 13.4. The second kappa shape index (κ2) is 6.50. The van der Waals surface area contributed by atoms with Gasteiger partial charge in [-0.15, -0.1) is 0 Å². The minimum Gasteiger partial charge on any atom is -0.393 e. The van der Waals surface area contributed by atoms with E-state index in [1.54, 1.807) is 20.8 Å². The Hall–Kier alpha value is -1.51. The molecule has 0 radical (unpaired) electrons. The summed E-state index contributed by atoms with van der Waals surface area (Å²) in [6, 6.07) is 2.43. The second-order valence-electron chi connectivity index (χ2n) is 5.11. The van der Waals surface area contributed by atoms with Crippen LogP contribution in [0.15, 0.2) is 17.0 Å². The van der Waals surface area contributed by atoms with E-state index in [-0.39, 0.29) is 17.1 Å². The van der Waals surface area contributed by atoms with Gasteiger partial charge in [0.25, 0.3) is 5.69 Å². The minimum atomic E-state index is -3.83. The lowest BCUT2D eigenvalue weighted by molar-refractivity contribution is -0.385. The molecule has 118 valence electrons. The van der Waals surface area contributed by atoms with Gasteiger partial charge in [-0.1, -0.05) is 0 Å². The molecule has 1 aromatic rings. The molecule has 7 nitrogen and oxygen atoms in total. The zero-order valence-corrected chi connectivity index (χ0v) is 13.3. The minimum absolute atomic E-state index is 0.0673. The first kappa shape index (κ1) is 17.5. The Kier molecular flexibility index (Phi) is 5.43. The quantitative estimate of drug-likeness (QED) is 0.634. The van der Waals surface area contributed by atoms with Crippen LogP contribution < -0.4 is 0 Å². The van der Waals surface area contributed by atoms with E-state index in [9.17, 15) is 23.6 Å². The summed E-state index contributed by atoms with van der Waals surface area (Å²) in [4.78, 5) is 10.2. The first-order valence-electron chi connectivity index (χ1n) is 6.47. The first-order chi connectivity index (χ1) is 9.57. The molecule has 0 aliphatic heterocycles. The maximum absolute atomic E-state index is 12.5. The zero-order chi connectivity index (χ0) is 16.4. The van der Waals surface area contributed by atoms with Crippen LogP contribution in [0.1, 0.15) is 24.5 Å². The van der Waals surface area contributed by atoms with Gasteiger partial charge in [0.15, 0.2) is 0 Å². The topological polar surface area (TPSA) is 101 Å². The number of sulfonamides is 1. The Bertz CT molecular complexity index is 640. The Morgan fingerprint density at radius 3 is 2.43 bits per heavy atom. The van der Waals surface area contributed by atoms with Crippen LogP contribution in [0.4, 0.5) is 5.69 Å². The Morgan fingerprint density at radius 1 is 1.38 bits per heavy atom. The molecular formula is C13H20N2O5S. The number of non-ortho nitro benzene ring substituents is 1. The molecule has 8 heteroatoms. The van der Waals surface area contributed by atoms with Crippen molar-refractivity contribution in [1.82, 2.24) is 4.31 Å². The molecule has 0 spiro atoms. The summed E-state index contributed by atoms with van der Waals surface area (Å²) in [7, 11) is -2.43. The van der Waals surface area contributed by atoms with Crippen LogP contribution in [0.2, 0.25) is 0 Å². The van der Waals surface area contributed by atoms with Crippen LogP contribution in [0.25, 0.3) is 0 Å². The number of aliphatic hydroxyl groups is 1. The number of aliphatic hydroxyl groups excluding tert-OH is 1. The van der Waals surface area contributed by atoms with Gasteiger partial charge in [-0.05, 0) is 38.3 Å². The number of hydrogen-bond acceptors (Lipinski definition) is 5. The molecule has 21 heavy (non-hydrogen) atoms. The molecule has 0 saturated heterocycles. The Balaban J connectivity index is 3.27. The maximum Gasteiger partial charge on any atom is 0.271 e. The standard InChI is InChI=1S/C13H20N2O5S/c1-9-7-12(15(17)18)8-13(11(9)3)21(19,20)14(4)6-5-10(2)16/h7-8,10,16H,5-6H2,1-4H3. The second-order valence-corrected chi connectivity index (χ2v) is 7.12. The predicted molar refractivity (Wildman–Crippen MR) is 78.7 cm³/mol. The van der Waals surface area contributed by atoms with Crippen molar-refractivity contribution < 1.29 is 18.4 Å². The van der Waals surface area contributed by atoms with Crippen LogP contribution in [-0.4, -0.2) is 42.4 Å². The number of nitro groups is 1. The molecule has 1 unspecified atom stereocenters. The van der Waals surface area contributed by atoms with E-state index >= 15 is 0 Å². The highest BCUT2D eigenvalue weighted by Crippen LogP contribution is 2.27. The van der Waals surface area contributed by atoms with E-state index in [2.05, 4.69) is 0 Å². The summed E-state index contributed by atoms with van der Waals surface area (Å²) in [5.74, 6) is 0. The number of nitro benzene ring substituents is 1. The average molecular weight is 316 g/mol. The van der Waals surface area contributed by atoms with E-state index in [1.165, 1.54) is 13.1 Å². The van der Waals surface area contributed by atoms with Crippen molar-refractivity contribution in [2.75, 3.05) is 13.6 Å². The van der Waals surface area contributed by atoms with Gasteiger partial charge < -0.3 is 5.11 Å². The highest BCUT2D eigenvalue weighted by molar-refractivity contribution is 7.89. The molecule has 1 rings (SSSR count). The van der Waals surface area contributed by atoms with Crippen molar-refractivity contribution in [3.05, 3.63) is 33.4 Å². The van der Waals surface area contributed by atoms with Crippen LogP contribution in [0.5, 0.6) is 0 Å². The highest BCUT2D eigenvalue weighted by atomic mass is 32.2. The largest absolute Gasteiger partial charge is 0.393 e. The number of rotatable bonds is 6. The fourth-order valence-electron chi connectivity index (χ4n) is 1.84. The van der Waals surface area contributed by atoms with E-state index in [0.29, 0.717) is 17.5 Å². The van der Waals surface area contributed by atoms with Crippen LogP contribution in [-0.2, 0) is 10.0 Å². The molecule has 0 aliphatic rings. The Morgan fingerprint density at radius 2 is 1.95 bits per heavy atom. The fourth-order valence-corrected chi connectivity index (χ4v) is 3.34. The number of nitrogens with zero attached hydrogens (tertiary/aromatic N) is 2. The van der Waals surface area contributed by atoms with E-state index < -0.39 is 21.1 Å². The molecule has 0 aromatic heterocycles.